The Labute approximate surface area is 86.8 Å². The summed E-state index contributed by atoms with van der Waals surface area (Å²) in [6.07, 6.45) is 1.54. The Hall–Kier alpha value is -1.64. The molecule has 16 heavy (non-hydrogen) atoms. The van der Waals surface area contributed by atoms with E-state index in [-0.39, 0.29) is 11.2 Å². The summed E-state index contributed by atoms with van der Waals surface area (Å²) < 4.78 is 63.2. The lowest BCUT2D eigenvalue weighted by molar-refractivity contribution is -0.0436. The summed E-state index contributed by atoms with van der Waals surface area (Å²) in [6.45, 7) is 0. The maximum absolute atomic E-state index is 12.2. The summed E-state index contributed by atoms with van der Waals surface area (Å²) in [7, 11) is -5.39. The lowest BCUT2D eigenvalue weighted by Gasteiger charge is -2.06. The first-order valence-electron chi connectivity index (χ1n) is 3.83. The quantitative estimate of drug-likeness (QED) is 0.769. The maximum atomic E-state index is 12.2. The van der Waals surface area contributed by atoms with E-state index in [1.165, 1.54) is 0 Å². The van der Waals surface area contributed by atoms with Crippen LogP contribution in [0.5, 0.6) is 0 Å². The summed E-state index contributed by atoms with van der Waals surface area (Å²) in [5, 5.41) is 0. The van der Waals surface area contributed by atoms with Crippen LogP contribution in [0.25, 0.3) is 11.2 Å². The minimum absolute atomic E-state index is 0.0267. The number of aromatic nitrogens is 2. The van der Waals surface area contributed by atoms with Gasteiger partial charge in [0.2, 0.25) is 5.71 Å². The zero-order valence-corrected chi connectivity index (χ0v) is 8.21. The fraction of sp³-hybridized carbons (Fsp3) is 0.143. The van der Waals surface area contributed by atoms with Crippen molar-refractivity contribution in [3.63, 3.8) is 0 Å². The molecule has 0 saturated heterocycles. The normalized spacial score (nSPS) is 13.2. The van der Waals surface area contributed by atoms with E-state index in [0.29, 0.717) is 6.20 Å². The average Bonchev–Trinajstić information content (AvgIpc) is 2.61. The van der Waals surface area contributed by atoms with Gasteiger partial charge in [-0.1, -0.05) is 0 Å². The molecule has 2 rings (SSSR count). The van der Waals surface area contributed by atoms with E-state index >= 15 is 0 Å². The number of rotatable bonds is 1. The largest absolute Gasteiger partial charge is 0.501 e. The molecule has 0 N–H and O–H groups in total. The Morgan fingerprint density at radius 3 is 2.56 bits per heavy atom. The monoisotopic (exact) mass is 252 g/mol. The van der Waals surface area contributed by atoms with Crippen molar-refractivity contribution in [1.29, 1.82) is 0 Å². The van der Waals surface area contributed by atoms with Gasteiger partial charge < -0.3 is 4.42 Å². The van der Waals surface area contributed by atoms with E-state index in [1.807, 2.05) is 0 Å². The number of hydrogen-bond acceptors (Lipinski definition) is 5. The Balaban J connectivity index is 2.64. The zero-order chi connectivity index (χ0) is 12.0. The second kappa shape index (κ2) is 3.17. The molecule has 2 aromatic heterocycles. The molecule has 0 spiro atoms. The molecule has 0 aliphatic heterocycles. The SMILES string of the molecule is O=S(=O)(c1cnc2ocnc2c1)C(F)(F)F. The van der Waals surface area contributed by atoms with Crippen molar-refractivity contribution < 1.29 is 26.0 Å². The van der Waals surface area contributed by atoms with Crippen LogP contribution in [-0.4, -0.2) is 23.9 Å². The van der Waals surface area contributed by atoms with Gasteiger partial charge in [0.15, 0.2) is 6.39 Å². The molecule has 0 unspecified atom stereocenters. The standard InChI is InChI=1S/C7H3F3N2O3S/c8-7(9,10)16(13,14)4-1-5-6(11-2-4)15-3-12-5/h1-3H. The highest BCUT2D eigenvalue weighted by Crippen LogP contribution is 2.30. The third kappa shape index (κ3) is 1.52. The van der Waals surface area contributed by atoms with Crippen molar-refractivity contribution >= 4 is 21.1 Å². The first-order valence-corrected chi connectivity index (χ1v) is 5.31. The third-order valence-electron chi connectivity index (χ3n) is 1.78. The first-order chi connectivity index (χ1) is 7.32. The molecule has 0 saturated carbocycles. The minimum atomic E-state index is -5.39. The van der Waals surface area contributed by atoms with Crippen LogP contribution < -0.4 is 0 Å². The van der Waals surface area contributed by atoms with Crippen molar-refractivity contribution in [2.45, 2.75) is 10.4 Å². The van der Waals surface area contributed by atoms with Crippen LogP contribution in [0, 0.1) is 0 Å². The van der Waals surface area contributed by atoms with E-state index in [2.05, 4.69) is 14.4 Å². The van der Waals surface area contributed by atoms with Gasteiger partial charge in [0.25, 0.3) is 9.84 Å². The van der Waals surface area contributed by atoms with E-state index in [1.54, 1.807) is 0 Å². The molecule has 9 heteroatoms. The number of oxazole rings is 1. The molecule has 0 fully saturated rings. The van der Waals surface area contributed by atoms with Crippen LogP contribution in [0.2, 0.25) is 0 Å². The number of fused-ring (bicyclic) bond motifs is 1. The molecular weight excluding hydrogens is 249 g/mol. The molecule has 86 valence electrons. The number of halogens is 3. The Morgan fingerprint density at radius 1 is 1.25 bits per heavy atom. The van der Waals surface area contributed by atoms with Gasteiger partial charge in [-0.2, -0.15) is 13.2 Å². The highest BCUT2D eigenvalue weighted by atomic mass is 32.2. The molecule has 2 heterocycles. The number of nitrogens with zero attached hydrogens (tertiary/aromatic N) is 2. The highest BCUT2D eigenvalue weighted by Gasteiger charge is 2.47. The van der Waals surface area contributed by atoms with E-state index in [9.17, 15) is 21.6 Å². The van der Waals surface area contributed by atoms with Gasteiger partial charge in [-0.25, -0.2) is 18.4 Å². The first kappa shape index (κ1) is 10.9. The topological polar surface area (TPSA) is 73.1 Å². The average molecular weight is 252 g/mol. The second-order valence-electron chi connectivity index (χ2n) is 2.80. The number of sulfone groups is 1. The van der Waals surface area contributed by atoms with Crippen molar-refractivity contribution in [2.75, 3.05) is 0 Å². The summed E-state index contributed by atoms with van der Waals surface area (Å²) in [5.41, 5.74) is -5.43. The molecule has 0 bridgehead atoms. The fourth-order valence-electron chi connectivity index (χ4n) is 1.02. The number of hydrogen-bond donors (Lipinski definition) is 0. The molecule has 0 aliphatic rings. The van der Waals surface area contributed by atoms with Gasteiger partial charge in [0.1, 0.15) is 5.52 Å². The molecule has 2 aromatic rings. The third-order valence-corrected chi connectivity index (χ3v) is 3.23. The van der Waals surface area contributed by atoms with Crippen LogP contribution >= 0.6 is 0 Å². The van der Waals surface area contributed by atoms with E-state index in [0.717, 1.165) is 12.5 Å². The van der Waals surface area contributed by atoms with Crippen LogP contribution in [0.1, 0.15) is 0 Å². The smallest absolute Gasteiger partial charge is 0.425 e. The van der Waals surface area contributed by atoms with Crippen molar-refractivity contribution in [3.05, 3.63) is 18.7 Å². The van der Waals surface area contributed by atoms with Crippen LogP contribution in [0.3, 0.4) is 0 Å². The molecule has 0 radical (unpaired) electrons. The van der Waals surface area contributed by atoms with Gasteiger partial charge in [0.05, 0.1) is 11.1 Å². The molecular formula is C7H3F3N2O3S. The van der Waals surface area contributed by atoms with Crippen LogP contribution in [-0.2, 0) is 9.84 Å². The van der Waals surface area contributed by atoms with Gasteiger partial charge in [0, 0.05) is 0 Å². The Bertz CT molecular complexity index is 632. The van der Waals surface area contributed by atoms with Gasteiger partial charge in [-0.15, -0.1) is 0 Å². The molecule has 5 nitrogen and oxygen atoms in total. The van der Waals surface area contributed by atoms with E-state index < -0.39 is 20.2 Å². The van der Waals surface area contributed by atoms with Gasteiger partial charge >= 0.3 is 5.51 Å². The maximum Gasteiger partial charge on any atom is 0.501 e. The highest BCUT2D eigenvalue weighted by molar-refractivity contribution is 7.92. The molecule has 0 atom stereocenters. The van der Waals surface area contributed by atoms with E-state index in [4.69, 9.17) is 0 Å². The summed E-state index contributed by atoms with van der Waals surface area (Å²) in [4.78, 5) is 5.97. The number of pyridine rings is 1. The Kier molecular flexibility index (Phi) is 2.15. The van der Waals surface area contributed by atoms with Gasteiger partial charge in [-0.3, -0.25) is 0 Å². The molecule has 0 aromatic carbocycles. The molecule has 0 aliphatic carbocycles. The molecule has 0 amide bonds. The summed E-state index contributed by atoms with van der Waals surface area (Å²) >= 11 is 0. The lowest BCUT2D eigenvalue weighted by Crippen LogP contribution is -2.23. The Morgan fingerprint density at radius 2 is 1.94 bits per heavy atom. The summed E-state index contributed by atoms with van der Waals surface area (Å²) in [6, 6.07) is 0.759. The van der Waals surface area contributed by atoms with Crippen molar-refractivity contribution in [1.82, 2.24) is 9.97 Å². The van der Waals surface area contributed by atoms with Gasteiger partial charge in [-0.05, 0) is 6.07 Å². The van der Waals surface area contributed by atoms with Crippen LogP contribution in [0.4, 0.5) is 13.2 Å². The van der Waals surface area contributed by atoms with Crippen molar-refractivity contribution in [3.8, 4) is 0 Å². The minimum Gasteiger partial charge on any atom is -0.425 e. The van der Waals surface area contributed by atoms with Crippen molar-refractivity contribution in [2.24, 2.45) is 0 Å². The predicted octanol–water partition coefficient (Wildman–Crippen LogP) is 1.52. The fourth-order valence-corrected chi connectivity index (χ4v) is 1.74. The van der Waals surface area contributed by atoms with Crippen LogP contribution in [0.15, 0.2) is 28.0 Å². The predicted molar refractivity (Wildman–Crippen MR) is 45.0 cm³/mol. The zero-order valence-electron chi connectivity index (χ0n) is 7.39. The lowest BCUT2D eigenvalue weighted by atomic mass is 10.4. The number of alkyl halides is 3. The second-order valence-corrected chi connectivity index (χ2v) is 4.74. The summed E-state index contributed by atoms with van der Waals surface area (Å²) in [5.74, 6) is 0.